The molecule has 0 saturated heterocycles. The predicted molar refractivity (Wildman–Crippen MR) is 130 cm³/mol. The zero-order valence-corrected chi connectivity index (χ0v) is 19.0. The number of aromatic nitrogens is 3. The van der Waals surface area contributed by atoms with Gasteiger partial charge in [-0.3, -0.25) is 9.59 Å². The van der Waals surface area contributed by atoms with Crippen LogP contribution in [0.1, 0.15) is 16.1 Å². The highest BCUT2D eigenvalue weighted by Gasteiger charge is 2.20. The first-order chi connectivity index (χ1) is 17.1. The number of rotatable bonds is 7. The van der Waals surface area contributed by atoms with Crippen LogP contribution in [0, 0.1) is 0 Å². The van der Waals surface area contributed by atoms with Crippen LogP contribution in [0.4, 0.5) is 5.69 Å². The van der Waals surface area contributed by atoms with Crippen molar-refractivity contribution in [2.45, 2.75) is 6.42 Å². The summed E-state index contributed by atoms with van der Waals surface area (Å²) in [5.74, 6) is 1.02. The van der Waals surface area contributed by atoms with Gasteiger partial charge in [0.1, 0.15) is 0 Å². The molecule has 0 bridgehead atoms. The van der Waals surface area contributed by atoms with E-state index in [1.54, 1.807) is 42.6 Å². The maximum atomic E-state index is 12.2. The Balaban J connectivity index is 1.33. The summed E-state index contributed by atoms with van der Waals surface area (Å²) >= 11 is 0. The molecule has 1 aliphatic heterocycles. The molecule has 0 radical (unpaired) electrons. The van der Waals surface area contributed by atoms with Gasteiger partial charge in [0, 0.05) is 36.1 Å². The number of para-hydroxylation sites is 1. The van der Waals surface area contributed by atoms with Crippen molar-refractivity contribution in [2.75, 3.05) is 25.6 Å². The van der Waals surface area contributed by atoms with Gasteiger partial charge in [0.25, 0.3) is 11.8 Å². The number of hydrogen-bond donors (Lipinski definition) is 3. The van der Waals surface area contributed by atoms with Crippen molar-refractivity contribution in [1.29, 1.82) is 0 Å². The van der Waals surface area contributed by atoms with Crippen molar-refractivity contribution >= 4 is 17.5 Å². The monoisotopic (exact) mass is 469 g/mol. The molecule has 176 valence electrons. The lowest BCUT2D eigenvalue weighted by Gasteiger charge is -2.12. The van der Waals surface area contributed by atoms with Gasteiger partial charge in [-0.2, -0.15) is 0 Å². The van der Waals surface area contributed by atoms with E-state index in [-0.39, 0.29) is 18.4 Å². The van der Waals surface area contributed by atoms with Crippen molar-refractivity contribution in [3.8, 4) is 34.3 Å². The van der Waals surface area contributed by atoms with Crippen LogP contribution in [-0.2, 0) is 11.2 Å². The first-order valence-electron chi connectivity index (χ1n) is 11.1. The first-order valence-corrected chi connectivity index (χ1v) is 11.1. The highest BCUT2D eigenvalue weighted by molar-refractivity contribution is 5.97. The molecule has 2 amide bonds. The lowest BCUT2D eigenvalue weighted by atomic mass is 10.1. The summed E-state index contributed by atoms with van der Waals surface area (Å²) in [6.07, 6.45) is 2.42. The van der Waals surface area contributed by atoms with Gasteiger partial charge in [-0.15, -0.1) is 0 Å². The fraction of sp³-hybridized carbons (Fsp3) is 0.154. The van der Waals surface area contributed by atoms with E-state index < -0.39 is 0 Å². The highest BCUT2D eigenvalue weighted by Crippen LogP contribution is 2.32. The summed E-state index contributed by atoms with van der Waals surface area (Å²) < 4.78 is 11.2. The molecule has 0 atom stereocenters. The Morgan fingerprint density at radius 2 is 1.94 bits per heavy atom. The Hall–Kier alpha value is -4.66. The van der Waals surface area contributed by atoms with E-state index >= 15 is 0 Å². The van der Waals surface area contributed by atoms with E-state index in [9.17, 15) is 9.59 Å². The number of benzene rings is 2. The molecule has 0 spiro atoms. The van der Waals surface area contributed by atoms with E-state index in [0.717, 1.165) is 23.4 Å². The maximum Gasteiger partial charge on any atom is 0.262 e. The quantitative estimate of drug-likeness (QED) is 0.382. The summed E-state index contributed by atoms with van der Waals surface area (Å²) in [4.78, 5) is 36.7. The highest BCUT2D eigenvalue weighted by atomic mass is 16.5. The number of aromatic amines is 1. The molecule has 3 N–H and O–H groups in total. The average Bonchev–Trinajstić information content (AvgIpc) is 3.34. The lowest BCUT2D eigenvalue weighted by Crippen LogP contribution is -2.31. The van der Waals surface area contributed by atoms with Gasteiger partial charge in [0.2, 0.25) is 0 Å². The number of methoxy groups -OCH3 is 1. The maximum absolute atomic E-state index is 12.2. The van der Waals surface area contributed by atoms with Gasteiger partial charge in [0.15, 0.2) is 23.9 Å². The van der Waals surface area contributed by atoms with E-state index in [0.29, 0.717) is 40.8 Å². The Morgan fingerprint density at radius 3 is 2.74 bits per heavy atom. The lowest BCUT2D eigenvalue weighted by molar-refractivity contribution is -0.118. The Bertz CT molecular complexity index is 1380. The summed E-state index contributed by atoms with van der Waals surface area (Å²) in [5, 5.41) is 5.62. The molecule has 0 unspecified atom stereocenters. The van der Waals surface area contributed by atoms with Crippen LogP contribution in [0.5, 0.6) is 11.5 Å². The molecule has 1 aliphatic rings. The summed E-state index contributed by atoms with van der Waals surface area (Å²) in [6.45, 7) is 0.449. The third kappa shape index (κ3) is 4.84. The molecule has 35 heavy (non-hydrogen) atoms. The molecule has 9 nitrogen and oxygen atoms in total. The van der Waals surface area contributed by atoms with E-state index in [2.05, 4.69) is 25.6 Å². The largest absolute Gasteiger partial charge is 0.493 e. The molecule has 4 aromatic rings. The van der Waals surface area contributed by atoms with Gasteiger partial charge in [0.05, 0.1) is 24.1 Å². The second-order valence-electron chi connectivity index (χ2n) is 7.92. The van der Waals surface area contributed by atoms with Crippen LogP contribution in [-0.4, -0.2) is 47.0 Å². The van der Waals surface area contributed by atoms with Gasteiger partial charge in [-0.25, -0.2) is 9.97 Å². The van der Waals surface area contributed by atoms with Crippen LogP contribution in [0.3, 0.4) is 0 Å². The Morgan fingerprint density at radius 1 is 1.09 bits per heavy atom. The minimum atomic E-state index is -0.277. The Labute approximate surface area is 201 Å². The van der Waals surface area contributed by atoms with Crippen LogP contribution in [0.15, 0.2) is 66.9 Å². The van der Waals surface area contributed by atoms with Crippen molar-refractivity contribution in [3.05, 3.63) is 78.1 Å². The normalized spacial score (nSPS) is 12.4. The number of nitrogens with one attached hydrogen (secondary N) is 3. The van der Waals surface area contributed by atoms with Gasteiger partial charge >= 0.3 is 0 Å². The van der Waals surface area contributed by atoms with E-state index in [1.807, 2.05) is 24.3 Å². The number of nitrogens with zero attached hydrogens (tertiary/aromatic N) is 2. The van der Waals surface area contributed by atoms with Crippen molar-refractivity contribution in [1.82, 2.24) is 20.3 Å². The summed E-state index contributed by atoms with van der Waals surface area (Å²) in [6, 6.07) is 18.1. The van der Waals surface area contributed by atoms with Gasteiger partial charge in [-0.05, 0) is 42.5 Å². The third-order valence-electron chi connectivity index (χ3n) is 5.57. The molecule has 5 rings (SSSR count). The molecule has 2 aromatic carbocycles. The predicted octanol–water partition coefficient (Wildman–Crippen LogP) is 3.45. The van der Waals surface area contributed by atoms with Gasteiger partial charge < -0.3 is 25.1 Å². The number of carbonyl (C=O) groups excluding carboxylic acids is 2. The summed E-state index contributed by atoms with van der Waals surface area (Å²) in [7, 11) is 1.53. The molecule has 0 aliphatic carbocycles. The average molecular weight is 470 g/mol. The smallest absolute Gasteiger partial charge is 0.262 e. The standard InChI is InChI=1S/C26H23N5O4/c1-34-23-13-16(7-8-22(23)35-15-24(32)29-17-5-3-2-4-6-17)25-27-11-10-20(31-25)21-14-18-19(30-21)9-12-28-26(18)33/h2-8,10-11,13-14,30H,9,12,15H2,1H3,(H,28,33)(H,29,32). The third-order valence-corrected chi connectivity index (χ3v) is 5.57. The minimum absolute atomic E-state index is 0.0826. The second-order valence-corrected chi connectivity index (χ2v) is 7.92. The van der Waals surface area contributed by atoms with Crippen LogP contribution in [0.25, 0.3) is 22.8 Å². The van der Waals surface area contributed by atoms with Gasteiger partial charge in [-0.1, -0.05) is 18.2 Å². The molecule has 3 heterocycles. The molecule has 9 heteroatoms. The number of ether oxygens (including phenoxy) is 2. The topological polar surface area (TPSA) is 118 Å². The van der Waals surface area contributed by atoms with Crippen molar-refractivity contribution < 1.29 is 19.1 Å². The summed E-state index contributed by atoms with van der Waals surface area (Å²) in [5.41, 5.74) is 4.40. The number of fused-ring (bicyclic) bond motifs is 1. The fourth-order valence-electron chi connectivity index (χ4n) is 3.87. The van der Waals surface area contributed by atoms with E-state index in [1.165, 1.54) is 7.11 Å². The molecular weight excluding hydrogens is 446 g/mol. The molecular formula is C26H23N5O4. The zero-order chi connectivity index (χ0) is 24.2. The number of H-pyrrole nitrogens is 1. The number of anilines is 1. The SMILES string of the molecule is COc1cc(-c2nccc(-c3cc4c([nH]3)CCNC4=O)n2)ccc1OCC(=O)Nc1ccccc1. The zero-order valence-electron chi connectivity index (χ0n) is 19.0. The second kappa shape index (κ2) is 9.68. The van der Waals surface area contributed by atoms with Crippen molar-refractivity contribution in [3.63, 3.8) is 0 Å². The molecule has 0 saturated carbocycles. The minimum Gasteiger partial charge on any atom is -0.493 e. The Kier molecular flexibility index (Phi) is 6.13. The molecule has 2 aromatic heterocycles. The van der Waals surface area contributed by atoms with Crippen LogP contribution < -0.4 is 20.1 Å². The number of amides is 2. The van der Waals surface area contributed by atoms with Crippen molar-refractivity contribution in [2.24, 2.45) is 0 Å². The van der Waals surface area contributed by atoms with Crippen LogP contribution in [0.2, 0.25) is 0 Å². The number of hydrogen-bond acceptors (Lipinski definition) is 6. The van der Waals surface area contributed by atoms with Crippen LogP contribution >= 0.6 is 0 Å². The molecule has 0 fully saturated rings. The van der Waals surface area contributed by atoms with E-state index in [4.69, 9.17) is 9.47 Å². The first kappa shape index (κ1) is 22.1. The fourth-order valence-corrected chi connectivity index (χ4v) is 3.87. The number of carbonyl (C=O) groups is 2.